The minimum Gasteiger partial charge on any atom is -1.48 e. The minimum atomic E-state index is -1.56. The van der Waals surface area contributed by atoms with E-state index in [1.807, 2.05) is 13.3 Å². The van der Waals surface area contributed by atoms with Gasteiger partial charge in [-0.25, -0.2) is 0 Å². The Morgan fingerprint density at radius 1 is 2.33 bits per heavy atom. The van der Waals surface area contributed by atoms with Crippen LogP contribution in [0, 0.1) is 0 Å². The van der Waals surface area contributed by atoms with Gasteiger partial charge >= 0.3 is 0 Å². The van der Waals surface area contributed by atoms with Gasteiger partial charge in [-0.2, -0.15) is 8.21 Å². The van der Waals surface area contributed by atoms with E-state index in [-0.39, 0.29) is 0 Å². The molecule has 0 spiro atoms. The lowest BCUT2D eigenvalue weighted by atomic mass is 11.9. The molecule has 0 aromatic carbocycles. The first-order chi connectivity index (χ1) is 3.85. The van der Waals surface area contributed by atoms with Crippen molar-refractivity contribution in [3.63, 3.8) is 0 Å². The van der Waals surface area contributed by atoms with Gasteiger partial charge in [-0.3, -0.25) is 0 Å². The summed E-state index contributed by atoms with van der Waals surface area (Å²) in [4.78, 5) is 0. The Kier molecular flexibility index (Phi) is 2.48. The minimum absolute atomic E-state index is 0.470. The molecule has 0 saturated heterocycles. The monoisotopic (exact) mass is 142 g/mol. The molecule has 0 nitrogen and oxygen atoms in total. The van der Waals surface area contributed by atoms with Crippen LogP contribution in [0.5, 0.6) is 0 Å². The van der Waals surface area contributed by atoms with Gasteiger partial charge < -0.3 is 15.1 Å². The molecule has 0 aliphatic rings. The predicted octanol–water partition coefficient (Wildman–Crippen LogP) is 2.69. The Bertz CT molecular complexity index is 88.8. The van der Waals surface area contributed by atoms with Crippen LogP contribution in [0.4, 0.5) is 0 Å². The zero-order valence-corrected chi connectivity index (χ0v) is 6.52. The van der Waals surface area contributed by atoms with Crippen molar-refractivity contribution in [2.75, 3.05) is 19.2 Å². The quantitative estimate of drug-likeness (QED) is 0.520. The van der Waals surface area contributed by atoms with Gasteiger partial charge in [0.2, 0.25) is 0 Å². The largest absolute Gasteiger partial charge is 1.48 e. The third-order valence-corrected chi connectivity index (χ3v) is 3.01. The number of hydrogen-bond donors (Lipinski definition) is 0. The molecule has 0 saturated carbocycles. The molecule has 0 bridgehead atoms. The zero-order chi connectivity index (χ0) is 7.65. The van der Waals surface area contributed by atoms with Gasteiger partial charge in [0.05, 0.1) is 1.28 Å². The van der Waals surface area contributed by atoms with Gasteiger partial charge in [0.15, 0.2) is 0 Å². The summed E-state index contributed by atoms with van der Waals surface area (Å²) in [5.74, 6) is -1.56. The SMILES string of the molecule is [2H]C([2H])([P-2])P([3H])P(C)C. The number of rotatable bonds is 2. The lowest BCUT2D eigenvalue weighted by Crippen LogP contribution is -1.50. The molecule has 6 heavy (non-hydrogen) atoms. The normalized spacial score (nSPS) is 25.0. The summed E-state index contributed by atoms with van der Waals surface area (Å²) in [6, 6.07) is 0. The van der Waals surface area contributed by atoms with Crippen LogP contribution >= 0.6 is 25.1 Å². The van der Waals surface area contributed by atoms with Crippen LogP contribution in [0.25, 0.3) is 0 Å². The molecule has 0 N–H and O–H groups in total. The second-order valence-electron chi connectivity index (χ2n) is 1.05. The highest BCUT2D eigenvalue weighted by Gasteiger charge is 1.76. The lowest BCUT2D eigenvalue weighted by molar-refractivity contribution is 2.24. The lowest BCUT2D eigenvalue weighted by Gasteiger charge is -2.30. The van der Waals surface area contributed by atoms with Crippen molar-refractivity contribution in [2.45, 2.75) is 0 Å². The van der Waals surface area contributed by atoms with E-state index in [1.54, 1.807) is 0 Å². The van der Waals surface area contributed by atoms with E-state index in [2.05, 4.69) is 9.24 Å². The summed E-state index contributed by atoms with van der Waals surface area (Å²) in [6.45, 7) is 3.81. The van der Waals surface area contributed by atoms with Crippen LogP contribution in [0.2, 0.25) is 0 Å². The van der Waals surface area contributed by atoms with Crippen molar-refractivity contribution in [3.8, 4) is 0 Å². The summed E-state index contributed by atoms with van der Waals surface area (Å²) in [5.41, 5.74) is 0. The molecule has 0 aliphatic carbocycles. The molecular weight excluding hydrogens is 129 g/mol. The smallest absolute Gasteiger partial charge is 0.0585 e. The molecule has 0 fully saturated rings. The van der Waals surface area contributed by atoms with Crippen molar-refractivity contribution in [2.24, 2.45) is 0 Å². The summed E-state index contributed by atoms with van der Waals surface area (Å²) in [6.07, 6.45) is 0. The molecule has 0 heterocycles. The van der Waals surface area contributed by atoms with E-state index in [9.17, 15) is 0 Å². The van der Waals surface area contributed by atoms with Gasteiger partial charge in [-0.1, -0.05) is 7.61 Å². The maximum absolute atomic E-state index is 7.32. The van der Waals surface area contributed by atoms with Crippen LogP contribution in [-0.2, 0) is 0 Å². The van der Waals surface area contributed by atoms with Crippen molar-refractivity contribution >= 4 is 25.1 Å². The predicted molar refractivity (Wildman–Crippen MR) is 38.9 cm³/mol. The molecule has 0 amide bonds. The van der Waals surface area contributed by atoms with Gasteiger partial charge in [0.25, 0.3) is 0 Å². The standard InChI is InChI=1S/C3H9P3/c1-6(2)5-3-4/h5H,3H2,1-2H3/q-2/i3D2,5T. The molecule has 1 atom stereocenters. The van der Waals surface area contributed by atoms with Gasteiger partial charge in [0, 0.05) is 0 Å². The first-order valence-electron chi connectivity index (χ1n) is 2.99. The molecule has 38 valence electrons. The van der Waals surface area contributed by atoms with Crippen molar-refractivity contribution in [1.82, 2.24) is 0 Å². The summed E-state index contributed by atoms with van der Waals surface area (Å²) in [5, 5.41) is 0. The van der Waals surface area contributed by atoms with E-state index in [4.69, 9.17) is 4.02 Å². The molecular formula is C3H9P3-2. The third-order valence-electron chi connectivity index (χ3n) is 0.245. The van der Waals surface area contributed by atoms with Crippen molar-refractivity contribution < 1.29 is 2.74 Å². The van der Waals surface area contributed by atoms with Crippen LogP contribution in [0.15, 0.2) is 0 Å². The molecule has 0 rings (SSSR count). The zero-order valence-electron chi connectivity index (χ0n) is 6.84. The van der Waals surface area contributed by atoms with E-state index >= 15 is 0 Å². The highest BCUT2D eigenvalue weighted by Crippen LogP contribution is 2.49. The first kappa shape index (κ1) is 3.34. The molecule has 0 aliphatic heterocycles. The van der Waals surface area contributed by atoms with Crippen molar-refractivity contribution in [1.29, 1.82) is 1.28 Å². The highest BCUT2D eigenvalue weighted by atomic mass is 32.1. The maximum Gasteiger partial charge on any atom is 0.0585 e. The average Bonchev–Trinajstić information content (AvgIpc) is 1.62. The number of hydrogen-bond acceptors (Lipinski definition) is 0. The highest BCUT2D eigenvalue weighted by molar-refractivity contribution is 8.21. The Morgan fingerprint density at radius 2 is 2.83 bits per heavy atom. The Balaban J connectivity index is 3.88. The first-order valence-corrected chi connectivity index (χ1v) is 5.82. The molecule has 3 heteroatoms. The fraction of sp³-hybridized carbons (Fsp3) is 1.00. The Hall–Kier alpha value is 1.29. The summed E-state index contributed by atoms with van der Waals surface area (Å²) in [7, 11) is 1.94. The van der Waals surface area contributed by atoms with E-state index < -0.39 is 21.7 Å². The molecule has 0 aromatic rings. The topological polar surface area (TPSA) is 0 Å². The Labute approximate surface area is 49.2 Å². The van der Waals surface area contributed by atoms with Gasteiger partial charge in [-0.15, -0.1) is 0 Å². The van der Waals surface area contributed by atoms with Gasteiger partial charge in [-0.05, 0) is 16.1 Å². The third kappa shape index (κ3) is 5.29. The van der Waals surface area contributed by atoms with Crippen LogP contribution in [0.3, 0.4) is 0 Å². The van der Waals surface area contributed by atoms with Crippen LogP contribution in [0.1, 0.15) is 2.74 Å². The van der Waals surface area contributed by atoms with Crippen LogP contribution in [-0.4, -0.2) is 20.5 Å². The van der Waals surface area contributed by atoms with E-state index in [0.29, 0.717) is 0 Å². The molecule has 0 radical (unpaired) electrons. The average molecular weight is 142 g/mol. The summed E-state index contributed by atoms with van der Waals surface area (Å²) >= 11 is 0. The molecule has 1 unspecified atom stereocenters. The van der Waals surface area contributed by atoms with Crippen LogP contribution < -0.4 is 0 Å². The van der Waals surface area contributed by atoms with Crippen molar-refractivity contribution in [3.05, 3.63) is 0 Å². The second-order valence-corrected chi connectivity index (χ2v) is 6.74. The van der Waals surface area contributed by atoms with Gasteiger partial charge in [0.1, 0.15) is 0 Å². The Morgan fingerprint density at radius 3 is 2.83 bits per heavy atom. The fourth-order valence-electron chi connectivity index (χ4n) is 0.0894. The summed E-state index contributed by atoms with van der Waals surface area (Å²) < 4.78 is 21.4. The molecule has 0 aromatic heterocycles. The maximum atomic E-state index is 7.32. The van der Waals surface area contributed by atoms with E-state index in [1.165, 1.54) is 0 Å². The second kappa shape index (κ2) is 4.45. The fourth-order valence-corrected chi connectivity index (χ4v) is 2.41. The van der Waals surface area contributed by atoms with E-state index in [0.717, 1.165) is 0 Å².